The number of nitrogens with zero attached hydrogens (tertiary/aromatic N) is 2. The Hall–Kier alpha value is -5.49. The fourth-order valence-corrected chi connectivity index (χ4v) is 5.28. The highest BCUT2D eigenvalue weighted by atomic mass is 32.2. The summed E-state index contributed by atoms with van der Waals surface area (Å²) >= 11 is 0. The highest BCUT2D eigenvalue weighted by Gasteiger charge is 2.23. The Balaban J connectivity index is 1.45. The number of rotatable bonds is 9. The first-order valence-corrected chi connectivity index (χ1v) is 13.3. The first-order chi connectivity index (χ1) is 19.2. The quantitative estimate of drug-likeness (QED) is 0.103. The molecule has 5 aromatic rings. The van der Waals surface area contributed by atoms with Gasteiger partial charge in [-0.3, -0.25) is 20.3 Å². The SMILES string of the molecule is O=C(O)c1ccccc1NS(=O)(=O)c1ccc(NN=Cc2c(-c3ccccc3)[nH]c3ccccc23)c([N+](=O)[O-])c1. The number of nitro benzene ring substituents is 1. The summed E-state index contributed by atoms with van der Waals surface area (Å²) < 4.78 is 28.1. The van der Waals surface area contributed by atoms with Gasteiger partial charge in [-0.25, -0.2) is 13.2 Å². The first kappa shape index (κ1) is 26.1. The number of hydrazone groups is 1. The van der Waals surface area contributed by atoms with E-state index in [0.717, 1.165) is 39.9 Å². The average molecular weight is 556 g/mol. The van der Waals surface area contributed by atoms with Crippen LogP contribution in [0.2, 0.25) is 0 Å². The molecule has 0 aliphatic rings. The second kappa shape index (κ2) is 10.7. The lowest BCUT2D eigenvalue weighted by Gasteiger charge is -2.11. The Morgan fingerprint density at radius 2 is 1.62 bits per heavy atom. The second-order valence-electron chi connectivity index (χ2n) is 8.59. The van der Waals surface area contributed by atoms with Gasteiger partial charge in [0.2, 0.25) is 0 Å². The van der Waals surface area contributed by atoms with Gasteiger partial charge < -0.3 is 10.1 Å². The number of anilines is 2. The van der Waals surface area contributed by atoms with Crippen LogP contribution < -0.4 is 10.1 Å². The van der Waals surface area contributed by atoms with E-state index in [2.05, 4.69) is 20.2 Å². The van der Waals surface area contributed by atoms with E-state index in [-0.39, 0.29) is 16.9 Å². The molecule has 4 N–H and O–H groups in total. The van der Waals surface area contributed by atoms with E-state index in [0.29, 0.717) is 0 Å². The molecular weight excluding hydrogens is 534 g/mol. The van der Waals surface area contributed by atoms with Crippen molar-refractivity contribution in [3.05, 3.63) is 118 Å². The van der Waals surface area contributed by atoms with Gasteiger partial charge in [0.05, 0.1) is 33.0 Å². The third-order valence-electron chi connectivity index (χ3n) is 6.07. The van der Waals surface area contributed by atoms with E-state index in [4.69, 9.17) is 0 Å². The van der Waals surface area contributed by atoms with E-state index < -0.39 is 31.5 Å². The molecule has 11 nitrogen and oxygen atoms in total. The fourth-order valence-electron chi connectivity index (χ4n) is 4.18. The number of nitrogens with one attached hydrogen (secondary N) is 3. The van der Waals surface area contributed by atoms with Crippen LogP contribution in [0, 0.1) is 10.1 Å². The summed E-state index contributed by atoms with van der Waals surface area (Å²) in [5.74, 6) is -1.33. The molecule has 5 rings (SSSR count). The normalized spacial score (nSPS) is 11.5. The summed E-state index contributed by atoms with van der Waals surface area (Å²) in [4.78, 5) is 25.5. The standard InChI is InChI=1S/C28H21N5O6S/c34-28(35)21-11-5-7-13-24(21)32-40(38,39)19-14-15-25(26(16-19)33(36)37)31-29-17-22-20-10-4-6-12-23(20)30-27(22)18-8-2-1-3-9-18/h1-17,30-32H,(H,34,35). The number of hydrogen-bond acceptors (Lipinski definition) is 7. The van der Waals surface area contributed by atoms with Gasteiger partial charge in [0, 0.05) is 22.5 Å². The summed E-state index contributed by atoms with van der Waals surface area (Å²) in [5.41, 5.74) is 5.04. The Morgan fingerprint density at radius 1 is 0.925 bits per heavy atom. The van der Waals surface area contributed by atoms with Crippen molar-refractivity contribution >= 4 is 50.2 Å². The molecule has 1 aromatic heterocycles. The van der Waals surface area contributed by atoms with Gasteiger partial charge in [0.15, 0.2) is 0 Å². The van der Waals surface area contributed by atoms with Crippen LogP contribution in [0.15, 0.2) is 107 Å². The minimum Gasteiger partial charge on any atom is -0.478 e. The van der Waals surface area contributed by atoms with Gasteiger partial charge in [-0.1, -0.05) is 60.7 Å². The number of carboxylic acids is 1. The van der Waals surface area contributed by atoms with Crippen molar-refractivity contribution in [2.75, 3.05) is 10.1 Å². The van der Waals surface area contributed by atoms with Crippen molar-refractivity contribution < 1.29 is 23.2 Å². The number of para-hydroxylation sites is 2. The lowest BCUT2D eigenvalue weighted by atomic mass is 10.1. The van der Waals surface area contributed by atoms with Crippen molar-refractivity contribution in [3.8, 4) is 11.3 Å². The lowest BCUT2D eigenvalue weighted by molar-refractivity contribution is -0.384. The molecule has 4 aromatic carbocycles. The Morgan fingerprint density at radius 3 is 2.38 bits per heavy atom. The highest BCUT2D eigenvalue weighted by molar-refractivity contribution is 7.92. The van der Waals surface area contributed by atoms with Crippen LogP contribution in [0.5, 0.6) is 0 Å². The van der Waals surface area contributed by atoms with Gasteiger partial charge >= 0.3 is 5.97 Å². The van der Waals surface area contributed by atoms with Crippen molar-refractivity contribution in [1.29, 1.82) is 0 Å². The fraction of sp³-hybridized carbons (Fsp3) is 0. The van der Waals surface area contributed by atoms with Crippen molar-refractivity contribution in [1.82, 2.24) is 4.98 Å². The topological polar surface area (TPSA) is 167 Å². The molecule has 1 heterocycles. The molecule has 40 heavy (non-hydrogen) atoms. The summed E-state index contributed by atoms with van der Waals surface area (Å²) in [6, 6.07) is 26.0. The molecule has 12 heteroatoms. The largest absolute Gasteiger partial charge is 0.478 e. The van der Waals surface area contributed by atoms with E-state index in [9.17, 15) is 28.4 Å². The molecule has 0 amide bonds. The van der Waals surface area contributed by atoms with Crippen LogP contribution in [0.1, 0.15) is 15.9 Å². The van der Waals surface area contributed by atoms with Crippen LogP contribution in [-0.2, 0) is 10.0 Å². The highest BCUT2D eigenvalue weighted by Crippen LogP contribution is 2.31. The summed E-state index contributed by atoms with van der Waals surface area (Å²) in [6.07, 6.45) is 1.54. The molecule has 0 fully saturated rings. The van der Waals surface area contributed by atoms with E-state index in [1.165, 1.54) is 30.3 Å². The Labute approximate surface area is 228 Å². The number of aromatic nitrogens is 1. The number of sulfonamides is 1. The number of aromatic carboxylic acids is 1. The number of H-pyrrole nitrogens is 1. The van der Waals surface area contributed by atoms with E-state index in [1.54, 1.807) is 6.21 Å². The lowest BCUT2D eigenvalue weighted by Crippen LogP contribution is -2.16. The third-order valence-corrected chi connectivity index (χ3v) is 7.43. The monoisotopic (exact) mass is 555 g/mol. The van der Waals surface area contributed by atoms with Gasteiger partial charge in [-0.05, 0) is 35.9 Å². The van der Waals surface area contributed by atoms with Gasteiger partial charge in [-0.15, -0.1) is 0 Å². The Bertz CT molecular complexity index is 1880. The number of carboxylic acid groups (broad SMARTS) is 1. The minimum absolute atomic E-state index is 0.0350. The van der Waals surface area contributed by atoms with Crippen LogP contribution >= 0.6 is 0 Å². The summed E-state index contributed by atoms with van der Waals surface area (Å²) in [7, 11) is -4.35. The molecule has 0 saturated carbocycles. The molecule has 0 aliphatic carbocycles. The zero-order chi connectivity index (χ0) is 28.3. The predicted molar refractivity (Wildman–Crippen MR) is 152 cm³/mol. The molecule has 0 atom stereocenters. The maximum Gasteiger partial charge on any atom is 0.337 e. The van der Waals surface area contributed by atoms with Crippen molar-refractivity contribution in [2.45, 2.75) is 4.90 Å². The minimum atomic E-state index is -4.35. The maximum atomic E-state index is 12.9. The summed E-state index contributed by atoms with van der Waals surface area (Å²) in [6.45, 7) is 0. The first-order valence-electron chi connectivity index (χ1n) is 11.8. The molecule has 0 bridgehead atoms. The van der Waals surface area contributed by atoms with Gasteiger partial charge in [0.25, 0.3) is 15.7 Å². The molecule has 200 valence electrons. The Kier molecular flexibility index (Phi) is 7.00. The molecular formula is C28H21N5O6S. The zero-order valence-electron chi connectivity index (χ0n) is 20.6. The van der Waals surface area contributed by atoms with Crippen LogP contribution in [-0.4, -0.2) is 35.6 Å². The maximum absolute atomic E-state index is 12.9. The van der Waals surface area contributed by atoms with Crippen LogP contribution in [0.25, 0.3) is 22.2 Å². The van der Waals surface area contributed by atoms with E-state index >= 15 is 0 Å². The van der Waals surface area contributed by atoms with Gasteiger partial charge in [0.1, 0.15) is 5.69 Å². The van der Waals surface area contributed by atoms with Crippen molar-refractivity contribution in [3.63, 3.8) is 0 Å². The molecule has 0 spiro atoms. The molecule has 0 radical (unpaired) electrons. The zero-order valence-corrected chi connectivity index (χ0v) is 21.4. The second-order valence-corrected chi connectivity index (χ2v) is 10.3. The molecule has 0 saturated heterocycles. The molecule has 0 aliphatic heterocycles. The number of hydrogen-bond donors (Lipinski definition) is 4. The predicted octanol–water partition coefficient (Wildman–Crippen LogP) is 5.69. The number of benzene rings is 4. The average Bonchev–Trinajstić information content (AvgIpc) is 3.32. The number of aromatic amines is 1. The van der Waals surface area contributed by atoms with Crippen LogP contribution in [0.3, 0.4) is 0 Å². The third kappa shape index (κ3) is 5.24. The van der Waals surface area contributed by atoms with Crippen LogP contribution in [0.4, 0.5) is 17.1 Å². The number of carbonyl (C=O) groups is 1. The molecule has 0 unspecified atom stereocenters. The smallest absolute Gasteiger partial charge is 0.337 e. The summed E-state index contributed by atoms with van der Waals surface area (Å²) in [5, 5.41) is 26.3. The van der Waals surface area contributed by atoms with E-state index in [1.807, 2.05) is 54.6 Å². The number of nitro groups is 1. The number of fused-ring (bicyclic) bond motifs is 1. The van der Waals surface area contributed by atoms with Crippen molar-refractivity contribution in [2.24, 2.45) is 5.10 Å². The van der Waals surface area contributed by atoms with Gasteiger partial charge in [-0.2, -0.15) is 5.10 Å².